The minimum absolute atomic E-state index is 0.0471. The van der Waals surface area contributed by atoms with Gasteiger partial charge in [-0.1, -0.05) is 25.7 Å². The summed E-state index contributed by atoms with van der Waals surface area (Å²) in [5.74, 6) is -0.477. The number of nitrogen functional groups attached to an aromatic ring is 1. The molecule has 3 N–H and O–H groups in total. The van der Waals surface area contributed by atoms with Crippen molar-refractivity contribution in [1.29, 1.82) is 0 Å². The second-order valence-corrected chi connectivity index (χ2v) is 5.72. The van der Waals surface area contributed by atoms with Gasteiger partial charge in [-0.15, -0.1) is 0 Å². The Morgan fingerprint density at radius 2 is 2.00 bits per heavy atom. The average Bonchev–Trinajstić information content (AvgIpc) is 2.97. The van der Waals surface area contributed by atoms with E-state index in [0.29, 0.717) is 23.7 Å². The van der Waals surface area contributed by atoms with Crippen molar-refractivity contribution < 1.29 is 14.7 Å². The number of hydrogen-bond acceptors (Lipinski definition) is 3. The maximum atomic E-state index is 12.3. The second kappa shape index (κ2) is 6.61. The molecule has 5 nitrogen and oxygen atoms in total. The summed E-state index contributed by atoms with van der Waals surface area (Å²) in [5, 5.41) is 9.23. The number of anilines is 2. The number of carbonyl (C=O) groups excluding carboxylic acids is 1. The first-order chi connectivity index (χ1) is 9.99. The highest BCUT2D eigenvalue weighted by Gasteiger charge is 2.21. The third-order valence-electron chi connectivity index (χ3n) is 4.23. The van der Waals surface area contributed by atoms with Gasteiger partial charge < -0.3 is 15.7 Å². The summed E-state index contributed by atoms with van der Waals surface area (Å²) in [6.07, 6.45) is 6.29. The van der Waals surface area contributed by atoms with Gasteiger partial charge >= 0.3 is 5.97 Å². The van der Waals surface area contributed by atoms with Crippen LogP contribution in [0.3, 0.4) is 0 Å². The van der Waals surface area contributed by atoms with Gasteiger partial charge in [0.15, 0.2) is 0 Å². The van der Waals surface area contributed by atoms with Crippen molar-refractivity contribution in [1.82, 2.24) is 0 Å². The van der Waals surface area contributed by atoms with Crippen LogP contribution in [0.5, 0.6) is 0 Å². The first kappa shape index (κ1) is 15.4. The Hall–Kier alpha value is -2.04. The molecule has 1 aliphatic carbocycles. The van der Waals surface area contributed by atoms with E-state index in [1.165, 1.54) is 36.6 Å². The third kappa shape index (κ3) is 3.74. The molecule has 1 aromatic carbocycles. The quantitative estimate of drug-likeness (QED) is 0.817. The summed E-state index contributed by atoms with van der Waals surface area (Å²) in [6, 6.07) is 4.59. The van der Waals surface area contributed by atoms with Crippen LogP contribution >= 0.6 is 0 Å². The van der Waals surface area contributed by atoms with Crippen molar-refractivity contribution in [3.05, 3.63) is 23.8 Å². The highest BCUT2D eigenvalue weighted by Crippen LogP contribution is 2.29. The minimum Gasteiger partial charge on any atom is -0.478 e. The molecule has 0 aromatic heterocycles. The molecule has 0 saturated heterocycles. The molecule has 0 unspecified atom stereocenters. The summed E-state index contributed by atoms with van der Waals surface area (Å²) in [4.78, 5) is 25.0. The molecule has 0 bridgehead atoms. The maximum Gasteiger partial charge on any atom is 0.337 e. The first-order valence-electron chi connectivity index (χ1n) is 7.38. The Bertz CT molecular complexity index is 536. The molecule has 5 heteroatoms. The van der Waals surface area contributed by atoms with E-state index in [0.717, 1.165) is 6.42 Å². The molecule has 0 spiro atoms. The van der Waals surface area contributed by atoms with Gasteiger partial charge in [-0.2, -0.15) is 0 Å². The number of benzene rings is 1. The van der Waals surface area contributed by atoms with E-state index in [2.05, 4.69) is 0 Å². The van der Waals surface area contributed by atoms with Crippen LogP contribution in [0.15, 0.2) is 18.2 Å². The van der Waals surface area contributed by atoms with Gasteiger partial charge in [0.2, 0.25) is 5.91 Å². The zero-order valence-corrected chi connectivity index (χ0v) is 12.3. The normalized spacial score (nSPS) is 15.1. The predicted molar refractivity (Wildman–Crippen MR) is 82.4 cm³/mol. The van der Waals surface area contributed by atoms with Crippen molar-refractivity contribution in [3.8, 4) is 0 Å². The molecule has 1 fully saturated rings. The van der Waals surface area contributed by atoms with Gasteiger partial charge in [0.1, 0.15) is 0 Å². The van der Waals surface area contributed by atoms with Crippen molar-refractivity contribution in [2.75, 3.05) is 17.7 Å². The summed E-state index contributed by atoms with van der Waals surface area (Å²) in [5.41, 5.74) is 6.45. The van der Waals surface area contributed by atoms with Crippen LogP contribution in [0.25, 0.3) is 0 Å². The Morgan fingerprint density at radius 3 is 2.62 bits per heavy atom. The SMILES string of the molecule is CN(C(=O)CCC1CCCC1)c1ccc(N)cc1C(=O)O. The van der Waals surface area contributed by atoms with Crippen LogP contribution in [0, 0.1) is 5.92 Å². The van der Waals surface area contributed by atoms with Gasteiger partial charge in [0, 0.05) is 19.2 Å². The lowest BCUT2D eigenvalue weighted by Crippen LogP contribution is -2.28. The number of rotatable bonds is 5. The largest absolute Gasteiger partial charge is 0.478 e. The van der Waals surface area contributed by atoms with E-state index in [4.69, 9.17) is 5.73 Å². The number of carboxylic acids is 1. The van der Waals surface area contributed by atoms with Gasteiger partial charge in [-0.05, 0) is 30.5 Å². The molecule has 1 aromatic rings. The monoisotopic (exact) mass is 290 g/mol. The molecule has 0 atom stereocenters. The smallest absolute Gasteiger partial charge is 0.337 e. The van der Waals surface area contributed by atoms with Crippen LogP contribution in [-0.2, 0) is 4.79 Å². The fourth-order valence-corrected chi connectivity index (χ4v) is 2.95. The Balaban J connectivity index is 2.06. The lowest BCUT2D eigenvalue weighted by atomic mass is 10.0. The fraction of sp³-hybridized carbons (Fsp3) is 0.500. The van der Waals surface area contributed by atoms with E-state index in [-0.39, 0.29) is 11.5 Å². The molecule has 2 rings (SSSR count). The van der Waals surface area contributed by atoms with Crippen molar-refractivity contribution in [3.63, 3.8) is 0 Å². The number of nitrogens with zero attached hydrogens (tertiary/aromatic N) is 1. The maximum absolute atomic E-state index is 12.3. The number of carbonyl (C=O) groups is 2. The Kier molecular flexibility index (Phi) is 4.83. The van der Waals surface area contributed by atoms with Crippen LogP contribution in [0.4, 0.5) is 11.4 Å². The van der Waals surface area contributed by atoms with Crippen molar-refractivity contribution >= 4 is 23.3 Å². The van der Waals surface area contributed by atoms with E-state index in [9.17, 15) is 14.7 Å². The van der Waals surface area contributed by atoms with E-state index in [1.54, 1.807) is 19.2 Å². The molecule has 0 aliphatic heterocycles. The average molecular weight is 290 g/mol. The lowest BCUT2D eigenvalue weighted by Gasteiger charge is -2.20. The van der Waals surface area contributed by atoms with Gasteiger partial charge in [0.05, 0.1) is 11.3 Å². The number of nitrogens with two attached hydrogens (primary N) is 1. The van der Waals surface area contributed by atoms with Crippen LogP contribution in [-0.4, -0.2) is 24.0 Å². The molecular weight excluding hydrogens is 268 g/mol. The number of amides is 1. The summed E-state index contributed by atoms with van der Waals surface area (Å²) in [7, 11) is 1.62. The van der Waals surface area contributed by atoms with Crippen molar-refractivity contribution in [2.24, 2.45) is 5.92 Å². The van der Waals surface area contributed by atoms with Crippen LogP contribution in [0.2, 0.25) is 0 Å². The van der Waals surface area contributed by atoms with E-state index in [1.807, 2.05) is 0 Å². The van der Waals surface area contributed by atoms with Gasteiger partial charge in [-0.3, -0.25) is 4.79 Å². The Labute approximate surface area is 124 Å². The third-order valence-corrected chi connectivity index (χ3v) is 4.23. The molecular formula is C16H22N2O3. The topological polar surface area (TPSA) is 83.6 Å². The van der Waals surface area contributed by atoms with Gasteiger partial charge in [-0.25, -0.2) is 4.79 Å². The molecule has 0 radical (unpaired) electrons. The summed E-state index contributed by atoms with van der Waals surface area (Å²) < 4.78 is 0. The van der Waals surface area contributed by atoms with Crippen LogP contribution < -0.4 is 10.6 Å². The zero-order chi connectivity index (χ0) is 15.4. The summed E-state index contributed by atoms with van der Waals surface area (Å²) in [6.45, 7) is 0. The number of carboxylic acid groups (broad SMARTS) is 1. The number of aromatic carboxylic acids is 1. The molecule has 114 valence electrons. The standard InChI is InChI=1S/C16H22N2O3/c1-18(15(19)9-6-11-4-2-3-5-11)14-8-7-12(17)10-13(14)16(20)21/h7-8,10-11H,2-6,9,17H2,1H3,(H,20,21). The molecule has 21 heavy (non-hydrogen) atoms. The highest BCUT2D eigenvalue weighted by atomic mass is 16.4. The fourth-order valence-electron chi connectivity index (χ4n) is 2.95. The summed E-state index contributed by atoms with van der Waals surface area (Å²) >= 11 is 0. The van der Waals surface area contributed by atoms with Crippen LogP contribution in [0.1, 0.15) is 48.9 Å². The number of hydrogen-bond donors (Lipinski definition) is 2. The highest BCUT2D eigenvalue weighted by molar-refractivity contribution is 6.02. The molecule has 1 aliphatic rings. The van der Waals surface area contributed by atoms with E-state index < -0.39 is 5.97 Å². The van der Waals surface area contributed by atoms with Crippen molar-refractivity contribution in [2.45, 2.75) is 38.5 Å². The minimum atomic E-state index is -1.08. The Morgan fingerprint density at radius 1 is 1.33 bits per heavy atom. The first-order valence-corrected chi connectivity index (χ1v) is 7.38. The lowest BCUT2D eigenvalue weighted by molar-refractivity contribution is -0.118. The molecule has 1 saturated carbocycles. The predicted octanol–water partition coefficient (Wildman–Crippen LogP) is 2.90. The molecule has 0 heterocycles. The second-order valence-electron chi connectivity index (χ2n) is 5.72. The van der Waals surface area contributed by atoms with Gasteiger partial charge in [0.25, 0.3) is 0 Å². The molecule has 1 amide bonds. The zero-order valence-electron chi connectivity index (χ0n) is 12.3. The van der Waals surface area contributed by atoms with E-state index >= 15 is 0 Å².